The number of carbonyl (C=O) groups is 1. The maximum atomic E-state index is 12.8. The molecule has 4 aromatic rings. The van der Waals surface area contributed by atoms with Crippen molar-refractivity contribution in [2.75, 3.05) is 5.32 Å². The van der Waals surface area contributed by atoms with E-state index in [9.17, 15) is 4.79 Å². The Morgan fingerprint density at radius 1 is 0.867 bits per heavy atom. The molecule has 0 saturated heterocycles. The van der Waals surface area contributed by atoms with Crippen LogP contribution in [0, 0.1) is 6.92 Å². The lowest BCUT2D eigenvalue weighted by atomic mass is 10.1. The van der Waals surface area contributed by atoms with Crippen LogP contribution in [0.25, 0.3) is 10.9 Å². The molecule has 4 rings (SSSR count). The third-order valence-electron chi connectivity index (χ3n) is 5.00. The second-order valence-corrected chi connectivity index (χ2v) is 7.26. The van der Waals surface area contributed by atoms with Crippen molar-refractivity contribution in [3.63, 3.8) is 0 Å². The molecule has 0 aliphatic heterocycles. The summed E-state index contributed by atoms with van der Waals surface area (Å²) in [6.07, 6.45) is 0.988. The minimum Gasteiger partial charge on any atom is -0.345 e. The lowest BCUT2D eigenvalue weighted by molar-refractivity contribution is 0.0941. The number of hydrogen-bond donors (Lipinski definition) is 2. The zero-order chi connectivity index (χ0) is 20.9. The molecule has 1 heterocycles. The van der Waals surface area contributed by atoms with Crippen molar-refractivity contribution in [3.05, 3.63) is 95.3 Å². The van der Waals surface area contributed by atoms with E-state index in [1.807, 2.05) is 67.6 Å². The molecule has 0 bridgehead atoms. The van der Waals surface area contributed by atoms with Crippen molar-refractivity contribution < 1.29 is 4.79 Å². The van der Waals surface area contributed by atoms with E-state index >= 15 is 0 Å². The summed E-state index contributed by atoms with van der Waals surface area (Å²) in [5, 5.41) is 7.12. The molecule has 0 atom stereocenters. The number of nitrogens with zero attached hydrogens (tertiary/aromatic N) is 2. The van der Waals surface area contributed by atoms with Gasteiger partial charge in [0, 0.05) is 17.6 Å². The molecule has 5 nitrogen and oxygen atoms in total. The van der Waals surface area contributed by atoms with Crippen LogP contribution in [-0.2, 0) is 13.0 Å². The van der Waals surface area contributed by atoms with Crippen LogP contribution >= 0.6 is 0 Å². The minimum absolute atomic E-state index is 0.147. The summed E-state index contributed by atoms with van der Waals surface area (Å²) >= 11 is 0. The van der Waals surface area contributed by atoms with Gasteiger partial charge in [-0.05, 0) is 48.7 Å². The van der Waals surface area contributed by atoms with Crippen molar-refractivity contribution in [1.29, 1.82) is 0 Å². The van der Waals surface area contributed by atoms with Gasteiger partial charge in [-0.2, -0.15) is 0 Å². The lowest BCUT2D eigenvalue weighted by Crippen LogP contribution is -2.25. The highest BCUT2D eigenvalue weighted by Crippen LogP contribution is 2.24. The van der Waals surface area contributed by atoms with Crippen LogP contribution < -0.4 is 10.6 Å². The van der Waals surface area contributed by atoms with Crippen molar-refractivity contribution in [2.24, 2.45) is 0 Å². The number of para-hydroxylation sites is 1. The van der Waals surface area contributed by atoms with Crippen LogP contribution in [0.2, 0.25) is 0 Å². The summed E-state index contributed by atoms with van der Waals surface area (Å²) < 4.78 is 0. The van der Waals surface area contributed by atoms with Gasteiger partial charge in [-0.25, -0.2) is 9.97 Å². The Bertz CT molecular complexity index is 1170. The Kier molecular flexibility index (Phi) is 5.70. The molecule has 0 spiro atoms. The van der Waals surface area contributed by atoms with Crippen molar-refractivity contribution >= 4 is 28.3 Å². The summed E-state index contributed by atoms with van der Waals surface area (Å²) in [5.41, 5.74) is 5.13. The molecular weight excluding hydrogens is 372 g/mol. The molecule has 2 N–H and O–H groups in total. The summed E-state index contributed by atoms with van der Waals surface area (Å²) in [7, 11) is 0. The van der Waals surface area contributed by atoms with Crippen LogP contribution in [0.15, 0.2) is 72.8 Å². The van der Waals surface area contributed by atoms with Gasteiger partial charge in [0.2, 0.25) is 5.82 Å². The average Bonchev–Trinajstić information content (AvgIpc) is 2.79. The Morgan fingerprint density at radius 3 is 2.30 bits per heavy atom. The highest BCUT2D eigenvalue weighted by Gasteiger charge is 2.14. The van der Waals surface area contributed by atoms with E-state index in [-0.39, 0.29) is 11.7 Å². The zero-order valence-corrected chi connectivity index (χ0v) is 17.1. The number of nitrogens with one attached hydrogen (secondary N) is 2. The Hall–Kier alpha value is -3.73. The molecule has 150 valence electrons. The summed E-state index contributed by atoms with van der Waals surface area (Å²) in [6, 6.07) is 24.0. The van der Waals surface area contributed by atoms with Crippen LogP contribution in [0.1, 0.15) is 34.2 Å². The fourth-order valence-electron chi connectivity index (χ4n) is 3.20. The first-order valence-corrected chi connectivity index (χ1v) is 10.1. The monoisotopic (exact) mass is 396 g/mol. The number of carbonyl (C=O) groups excluding carboxylic acids is 1. The van der Waals surface area contributed by atoms with Gasteiger partial charge in [0.05, 0.1) is 5.52 Å². The van der Waals surface area contributed by atoms with E-state index in [0.29, 0.717) is 12.4 Å². The van der Waals surface area contributed by atoms with E-state index < -0.39 is 0 Å². The molecule has 3 aromatic carbocycles. The van der Waals surface area contributed by atoms with Gasteiger partial charge in [0.1, 0.15) is 5.82 Å². The number of anilines is 2. The topological polar surface area (TPSA) is 66.9 Å². The SMILES string of the molecule is CCc1ccc(Nc2nc(C(=O)NCc3ccc(C)cc3)nc3ccccc23)cc1. The van der Waals surface area contributed by atoms with Gasteiger partial charge in [-0.3, -0.25) is 4.79 Å². The van der Waals surface area contributed by atoms with Crippen LogP contribution in [0.5, 0.6) is 0 Å². The number of aryl methyl sites for hydroxylation is 2. The molecule has 30 heavy (non-hydrogen) atoms. The third kappa shape index (κ3) is 4.46. The summed E-state index contributed by atoms with van der Waals surface area (Å²) in [6.45, 7) is 4.59. The predicted octanol–water partition coefficient (Wildman–Crippen LogP) is 5.17. The first-order chi connectivity index (χ1) is 14.6. The number of amides is 1. The molecule has 0 unspecified atom stereocenters. The predicted molar refractivity (Wildman–Crippen MR) is 121 cm³/mol. The molecule has 0 radical (unpaired) electrons. The number of hydrogen-bond acceptors (Lipinski definition) is 4. The van der Waals surface area contributed by atoms with Crippen molar-refractivity contribution in [3.8, 4) is 0 Å². The fraction of sp³-hybridized carbons (Fsp3) is 0.160. The molecule has 0 aliphatic carbocycles. The van der Waals surface area contributed by atoms with E-state index in [1.54, 1.807) is 0 Å². The number of aromatic nitrogens is 2. The average molecular weight is 396 g/mol. The Labute approximate surface area is 176 Å². The van der Waals surface area contributed by atoms with Gasteiger partial charge < -0.3 is 10.6 Å². The number of fused-ring (bicyclic) bond motifs is 1. The van der Waals surface area contributed by atoms with E-state index in [2.05, 4.69) is 39.7 Å². The third-order valence-corrected chi connectivity index (χ3v) is 5.00. The van der Waals surface area contributed by atoms with Gasteiger partial charge >= 0.3 is 0 Å². The maximum Gasteiger partial charge on any atom is 0.289 e. The Morgan fingerprint density at radius 2 is 1.57 bits per heavy atom. The van der Waals surface area contributed by atoms with Crippen LogP contribution in [0.4, 0.5) is 11.5 Å². The molecule has 0 aliphatic rings. The molecular formula is C25H24N4O. The Balaban J connectivity index is 1.60. The van der Waals surface area contributed by atoms with E-state index in [1.165, 1.54) is 11.1 Å². The minimum atomic E-state index is -0.300. The first kappa shape index (κ1) is 19.6. The molecule has 0 fully saturated rings. The maximum absolute atomic E-state index is 12.8. The summed E-state index contributed by atoms with van der Waals surface area (Å²) in [4.78, 5) is 21.8. The molecule has 1 aromatic heterocycles. The standard InChI is InChI=1S/C25H24N4O/c1-3-18-12-14-20(15-13-18)27-23-21-6-4-5-7-22(21)28-24(29-23)25(30)26-16-19-10-8-17(2)9-11-19/h4-15H,3,16H2,1-2H3,(H,26,30)(H,27,28,29). The zero-order valence-electron chi connectivity index (χ0n) is 17.1. The number of benzene rings is 3. The van der Waals surface area contributed by atoms with E-state index in [4.69, 9.17) is 0 Å². The number of rotatable bonds is 6. The van der Waals surface area contributed by atoms with Crippen molar-refractivity contribution in [1.82, 2.24) is 15.3 Å². The highest BCUT2D eigenvalue weighted by molar-refractivity contribution is 5.97. The summed E-state index contributed by atoms with van der Waals surface area (Å²) in [5.74, 6) is 0.463. The largest absolute Gasteiger partial charge is 0.345 e. The quantitative estimate of drug-likeness (QED) is 0.472. The van der Waals surface area contributed by atoms with Gasteiger partial charge in [0.25, 0.3) is 5.91 Å². The molecule has 1 amide bonds. The van der Waals surface area contributed by atoms with Crippen molar-refractivity contribution in [2.45, 2.75) is 26.8 Å². The van der Waals surface area contributed by atoms with Crippen LogP contribution in [-0.4, -0.2) is 15.9 Å². The first-order valence-electron chi connectivity index (χ1n) is 10.1. The molecule has 5 heteroatoms. The lowest BCUT2D eigenvalue weighted by Gasteiger charge is -2.11. The van der Waals surface area contributed by atoms with Gasteiger partial charge in [-0.15, -0.1) is 0 Å². The smallest absolute Gasteiger partial charge is 0.289 e. The fourth-order valence-corrected chi connectivity index (χ4v) is 3.20. The normalized spacial score (nSPS) is 10.7. The second kappa shape index (κ2) is 8.74. The van der Waals surface area contributed by atoms with Gasteiger partial charge in [-0.1, -0.05) is 61.0 Å². The molecule has 0 saturated carbocycles. The highest BCUT2D eigenvalue weighted by atomic mass is 16.2. The van der Waals surface area contributed by atoms with E-state index in [0.717, 1.165) is 28.6 Å². The van der Waals surface area contributed by atoms with Crippen LogP contribution in [0.3, 0.4) is 0 Å². The van der Waals surface area contributed by atoms with Gasteiger partial charge in [0.15, 0.2) is 0 Å². The second-order valence-electron chi connectivity index (χ2n) is 7.26.